The second-order valence-corrected chi connectivity index (χ2v) is 5.97. The molecule has 1 aliphatic rings. The molecule has 27 heavy (non-hydrogen) atoms. The molecule has 0 amide bonds. The van der Waals surface area contributed by atoms with Crippen LogP contribution in [0.2, 0.25) is 5.02 Å². The number of imidazole rings is 1. The lowest BCUT2D eigenvalue weighted by Crippen LogP contribution is -2.00. The minimum absolute atomic E-state index is 0. The van der Waals surface area contributed by atoms with Gasteiger partial charge in [-0.25, -0.2) is 9.98 Å². The van der Waals surface area contributed by atoms with E-state index in [2.05, 4.69) is 25.3 Å². The van der Waals surface area contributed by atoms with E-state index in [1.165, 1.54) is 0 Å². The van der Waals surface area contributed by atoms with Gasteiger partial charge in [0.25, 0.3) is 0 Å². The van der Waals surface area contributed by atoms with Crippen molar-refractivity contribution in [1.82, 2.24) is 15.0 Å². The lowest BCUT2D eigenvalue weighted by molar-refractivity contribution is 0.455. The van der Waals surface area contributed by atoms with Crippen molar-refractivity contribution in [2.45, 2.75) is 6.54 Å². The first kappa shape index (κ1) is 20.8. The Bertz CT molecular complexity index is 983. The van der Waals surface area contributed by atoms with Crippen LogP contribution in [0.15, 0.2) is 47.6 Å². The van der Waals surface area contributed by atoms with Crippen molar-refractivity contribution in [1.29, 1.82) is 0 Å². The average Bonchev–Trinajstić information content (AvgIpc) is 3.19. The van der Waals surface area contributed by atoms with Crippen molar-refractivity contribution in [2.24, 2.45) is 4.99 Å². The summed E-state index contributed by atoms with van der Waals surface area (Å²) < 4.78 is 0. The van der Waals surface area contributed by atoms with Crippen molar-refractivity contribution >= 4 is 66.0 Å². The van der Waals surface area contributed by atoms with Crippen LogP contribution in [0.25, 0.3) is 11.6 Å². The van der Waals surface area contributed by atoms with Crippen molar-refractivity contribution in [3.63, 3.8) is 0 Å². The molecule has 0 spiro atoms. The zero-order valence-corrected chi connectivity index (χ0v) is 16.3. The van der Waals surface area contributed by atoms with Gasteiger partial charge in [-0.05, 0) is 35.9 Å². The summed E-state index contributed by atoms with van der Waals surface area (Å²) in [5.41, 5.74) is 3.36. The summed E-state index contributed by atoms with van der Waals surface area (Å²) in [7, 11) is 0. The fourth-order valence-corrected chi connectivity index (χ4v) is 2.67. The Balaban J connectivity index is 0.00000131. The predicted molar refractivity (Wildman–Crippen MR) is 114 cm³/mol. The van der Waals surface area contributed by atoms with Gasteiger partial charge in [0.15, 0.2) is 5.82 Å². The SMILES string of the molecule is Cl.Cl.Oc1nc(NCc2ccc(Cl)cc2)[nH]c1/C=C1\C=Nc2ncccc21. The van der Waals surface area contributed by atoms with Crippen LogP contribution in [-0.4, -0.2) is 26.3 Å². The molecular weight excluding hydrogens is 409 g/mol. The van der Waals surface area contributed by atoms with E-state index < -0.39 is 0 Å². The molecule has 2 aromatic heterocycles. The molecule has 9 heteroatoms. The second-order valence-electron chi connectivity index (χ2n) is 5.54. The molecule has 0 aliphatic carbocycles. The summed E-state index contributed by atoms with van der Waals surface area (Å²) in [5.74, 6) is 1.09. The number of halogens is 3. The van der Waals surface area contributed by atoms with Gasteiger partial charge in [-0.3, -0.25) is 0 Å². The highest BCUT2D eigenvalue weighted by molar-refractivity contribution is 6.30. The molecule has 0 unspecified atom stereocenters. The van der Waals surface area contributed by atoms with Crippen molar-refractivity contribution in [3.8, 4) is 5.88 Å². The summed E-state index contributed by atoms with van der Waals surface area (Å²) >= 11 is 5.88. The van der Waals surface area contributed by atoms with Gasteiger partial charge in [-0.1, -0.05) is 23.7 Å². The van der Waals surface area contributed by atoms with Gasteiger partial charge in [0.05, 0.1) is 0 Å². The molecule has 0 radical (unpaired) electrons. The van der Waals surface area contributed by atoms with Gasteiger partial charge < -0.3 is 15.4 Å². The van der Waals surface area contributed by atoms with E-state index in [1.54, 1.807) is 18.5 Å². The first-order chi connectivity index (χ1) is 12.2. The predicted octanol–water partition coefficient (Wildman–Crippen LogP) is 4.88. The number of aromatic nitrogens is 3. The molecule has 4 rings (SSSR count). The molecule has 1 aromatic carbocycles. The number of nitrogens with one attached hydrogen (secondary N) is 2. The van der Waals surface area contributed by atoms with Crippen LogP contribution >= 0.6 is 36.4 Å². The van der Waals surface area contributed by atoms with Crippen LogP contribution in [0.1, 0.15) is 16.8 Å². The van der Waals surface area contributed by atoms with Crippen LogP contribution in [0, 0.1) is 0 Å². The smallest absolute Gasteiger partial charge is 0.238 e. The van der Waals surface area contributed by atoms with Gasteiger partial charge in [0.1, 0.15) is 5.69 Å². The lowest BCUT2D eigenvalue weighted by Gasteiger charge is -2.02. The van der Waals surface area contributed by atoms with E-state index in [4.69, 9.17) is 11.6 Å². The van der Waals surface area contributed by atoms with Crippen LogP contribution in [0.4, 0.5) is 11.8 Å². The van der Waals surface area contributed by atoms with Crippen LogP contribution in [-0.2, 0) is 6.54 Å². The largest absolute Gasteiger partial charge is 0.492 e. The normalized spacial score (nSPS) is 13.0. The highest BCUT2D eigenvalue weighted by Crippen LogP contribution is 2.31. The first-order valence-corrected chi connectivity index (χ1v) is 8.05. The molecule has 0 saturated carbocycles. The molecule has 1 aliphatic heterocycles. The number of H-pyrrole nitrogens is 1. The number of nitrogens with zero attached hydrogens (tertiary/aromatic N) is 3. The van der Waals surface area contributed by atoms with Gasteiger partial charge in [-0.2, -0.15) is 4.98 Å². The van der Waals surface area contributed by atoms with Crippen LogP contribution in [0.5, 0.6) is 5.88 Å². The maximum atomic E-state index is 10.1. The summed E-state index contributed by atoms with van der Waals surface area (Å²) in [5, 5.41) is 13.9. The number of hydrogen-bond acceptors (Lipinski definition) is 5. The Morgan fingerprint density at radius 2 is 1.93 bits per heavy atom. The highest BCUT2D eigenvalue weighted by Gasteiger charge is 2.14. The number of benzene rings is 1. The summed E-state index contributed by atoms with van der Waals surface area (Å²) in [4.78, 5) is 15.6. The number of hydrogen-bond donors (Lipinski definition) is 3. The van der Waals surface area contributed by atoms with E-state index in [1.807, 2.05) is 36.4 Å². The van der Waals surface area contributed by atoms with Gasteiger partial charge in [-0.15, -0.1) is 24.8 Å². The van der Waals surface area contributed by atoms with Crippen molar-refractivity contribution in [2.75, 3.05) is 5.32 Å². The summed E-state index contributed by atoms with van der Waals surface area (Å²) in [6.07, 6.45) is 5.22. The molecule has 6 nitrogen and oxygen atoms in total. The topological polar surface area (TPSA) is 86.2 Å². The number of aromatic hydroxyl groups is 1. The van der Waals surface area contributed by atoms with Gasteiger partial charge >= 0.3 is 0 Å². The van der Waals surface area contributed by atoms with Gasteiger partial charge in [0.2, 0.25) is 11.8 Å². The fraction of sp³-hybridized carbons (Fsp3) is 0.0556. The number of allylic oxidation sites excluding steroid dienone is 1. The highest BCUT2D eigenvalue weighted by atomic mass is 35.5. The first-order valence-electron chi connectivity index (χ1n) is 7.67. The molecule has 0 saturated heterocycles. The molecule has 140 valence electrons. The summed E-state index contributed by atoms with van der Waals surface area (Å²) in [6, 6.07) is 11.3. The zero-order chi connectivity index (χ0) is 17.2. The monoisotopic (exact) mass is 423 g/mol. The van der Waals surface area contributed by atoms with E-state index in [-0.39, 0.29) is 30.7 Å². The van der Waals surface area contributed by atoms with E-state index in [9.17, 15) is 5.11 Å². The number of anilines is 1. The Morgan fingerprint density at radius 3 is 2.70 bits per heavy atom. The van der Waals surface area contributed by atoms with E-state index in [0.717, 1.165) is 16.7 Å². The van der Waals surface area contributed by atoms with Crippen LogP contribution in [0.3, 0.4) is 0 Å². The molecule has 0 atom stereocenters. The molecule has 0 bridgehead atoms. The third kappa shape index (κ3) is 4.60. The maximum absolute atomic E-state index is 10.1. The van der Waals surface area contributed by atoms with Crippen molar-refractivity contribution in [3.05, 3.63) is 64.4 Å². The Labute approximate surface area is 173 Å². The van der Waals surface area contributed by atoms with Crippen LogP contribution < -0.4 is 5.32 Å². The zero-order valence-electron chi connectivity index (χ0n) is 13.9. The maximum Gasteiger partial charge on any atom is 0.238 e. The quantitative estimate of drug-likeness (QED) is 0.557. The number of fused-ring (bicyclic) bond motifs is 1. The molecule has 3 N–H and O–H groups in total. The number of rotatable bonds is 4. The standard InChI is InChI=1S/C18H14ClN5O.2ClH/c19-13-5-3-11(4-6-13)9-22-18-23-15(17(25)24-18)8-12-10-21-16-14(12)2-1-7-20-16;;/h1-8,10,25H,9H2,(H2,22,23,24);2*1H/b12-8+;;. The molecule has 3 heterocycles. The molecule has 3 aromatic rings. The van der Waals surface area contributed by atoms with E-state index in [0.29, 0.717) is 29.0 Å². The number of aromatic amines is 1. The Kier molecular flexibility index (Phi) is 6.85. The Hall–Kier alpha value is -2.54. The molecular formula is C18H16Cl3N5O. The third-order valence-electron chi connectivity index (χ3n) is 3.81. The third-order valence-corrected chi connectivity index (χ3v) is 4.06. The van der Waals surface area contributed by atoms with Gasteiger partial charge in [0, 0.05) is 35.1 Å². The second kappa shape index (κ2) is 8.90. The minimum Gasteiger partial charge on any atom is -0.492 e. The summed E-state index contributed by atoms with van der Waals surface area (Å²) in [6.45, 7) is 0.564. The number of aliphatic imine (C=N–C) groups is 1. The Morgan fingerprint density at radius 1 is 1.15 bits per heavy atom. The minimum atomic E-state index is -0.0724. The van der Waals surface area contributed by atoms with E-state index >= 15 is 0 Å². The number of pyridine rings is 1. The average molecular weight is 425 g/mol. The van der Waals surface area contributed by atoms with Crippen molar-refractivity contribution < 1.29 is 5.11 Å². The lowest BCUT2D eigenvalue weighted by atomic mass is 10.1. The fourth-order valence-electron chi connectivity index (χ4n) is 2.55. The molecule has 0 fully saturated rings.